The average Bonchev–Trinajstić information content (AvgIpc) is 2.59. The van der Waals surface area contributed by atoms with Crippen molar-refractivity contribution in [3.8, 4) is 11.5 Å². The number of nitrogens with one attached hydrogen (secondary N) is 2. The topological polar surface area (TPSA) is 76.7 Å². The summed E-state index contributed by atoms with van der Waals surface area (Å²) in [4.78, 5) is 23.9. The molecule has 0 spiro atoms. The summed E-state index contributed by atoms with van der Waals surface area (Å²) in [6.45, 7) is 6.46. The summed E-state index contributed by atoms with van der Waals surface area (Å²) in [5, 5.41) is 5.88. The number of hydrogen-bond donors (Lipinski definition) is 2. The molecule has 1 aliphatic heterocycles. The largest absolute Gasteiger partial charge is 0.486 e. The van der Waals surface area contributed by atoms with Gasteiger partial charge in [0.1, 0.15) is 19.3 Å². The summed E-state index contributed by atoms with van der Waals surface area (Å²) in [5.74, 6) is 0.501. The second-order valence-corrected chi connectivity index (χ2v) is 6.32. The van der Waals surface area contributed by atoms with Crippen LogP contribution >= 0.6 is 11.6 Å². The summed E-state index contributed by atoms with van der Waals surface area (Å²) in [7, 11) is 0. The highest BCUT2D eigenvalue weighted by molar-refractivity contribution is 6.32. The number of benzene rings is 1. The lowest BCUT2D eigenvalue weighted by molar-refractivity contribution is -0.127. The van der Waals surface area contributed by atoms with Gasteiger partial charge in [-0.05, 0) is 44.0 Å². The Bertz CT molecular complexity index is 675. The monoisotopic (exact) mass is 366 g/mol. The van der Waals surface area contributed by atoms with E-state index in [2.05, 4.69) is 10.6 Å². The molecule has 0 saturated carbocycles. The van der Waals surface area contributed by atoms with Gasteiger partial charge in [-0.3, -0.25) is 9.59 Å². The van der Waals surface area contributed by atoms with E-state index in [1.165, 1.54) is 6.08 Å². The molecule has 2 N–H and O–H groups in total. The molecule has 0 aromatic heterocycles. The number of amides is 2. The van der Waals surface area contributed by atoms with Gasteiger partial charge >= 0.3 is 0 Å². The second kappa shape index (κ2) is 8.76. The fourth-order valence-electron chi connectivity index (χ4n) is 2.20. The molecule has 6 nitrogen and oxygen atoms in total. The number of rotatable bonds is 6. The van der Waals surface area contributed by atoms with Crippen LogP contribution in [0.3, 0.4) is 0 Å². The Balaban J connectivity index is 1.96. The molecule has 25 heavy (non-hydrogen) atoms. The van der Waals surface area contributed by atoms with Gasteiger partial charge in [0.25, 0.3) is 0 Å². The minimum Gasteiger partial charge on any atom is -0.486 e. The highest BCUT2D eigenvalue weighted by Crippen LogP contribution is 2.38. The Morgan fingerprint density at radius 2 is 1.96 bits per heavy atom. The maximum absolute atomic E-state index is 12.0. The number of hydrogen-bond acceptors (Lipinski definition) is 4. The SMILES string of the molecule is CCC(C)NC(=O)C(C)NC(=O)/C=C/c1cc(Cl)c2c(c1)OCCO2. The number of halogens is 1. The van der Waals surface area contributed by atoms with Crippen molar-refractivity contribution in [2.75, 3.05) is 13.2 Å². The molecular formula is C18H23ClN2O4. The molecule has 2 atom stereocenters. The van der Waals surface area contributed by atoms with Gasteiger partial charge in [-0.1, -0.05) is 18.5 Å². The van der Waals surface area contributed by atoms with Crippen molar-refractivity contribution in [2.24, 2.45) is 0 Å². The second-order valence-electron chi connectivity index (χ2n) is 5.91. The number of ether oxygens (including phenoxy) is 2. The smallest absolute Gasteiger partial charge is 0.244 e. The van der Waals surface area contributed by atoms with Gasteiger partial charge < -0.3 is 20.1 Å². The lowest BCUT2D eigenvalue weighted by Crippen LogP contribution is -2.46. The van der Waals surface area contributed by atoms with Gasteiger partial charge in [0.15, 0.2) is 11.5 Å². The van der Waals surface area contributed by atoms with E-state index in [0.29, 0.717) is 35.3 Å². The van der Waals surface area contributed by atoms with Crippen molar-refractivity contribution < 1.29 is 19.1 Å². The molecule has 136 valence electrons. The van der Waals surface area contributed by atoms with Gasteiger partial charge in [-0.25, -0.2) is 0 Å². The fourth-order valence-corrected chi connectivity index (χ4v) is 2.47. The summed E-state index contributed by atoms with van der Waals surface area (Å²) >= 11 is 6.16. The molecule has 2 rings (SSSR count). The highest BCUT2D eigenvalue weighted by atomic mass is 35.5. The molecule has 1 aromatic rings. The molecule has 1 heterocycles. The zero-order valence-electron chi connectivity index (χ0n) is 14.6. The third-order valence-electron chi connectivity index (χ3n) is 3.80. The van der Waals surface area contributed by atoms with Crippen LogP contribution in [0.2, 0.25) is 5.02 Å². The predicted octanol–water partition coefficient (Wildman–Crippen LogP) is 2.54. The number of carbonyl (C=O) groups is 2. The van der Waals surface area contributed by atoms with Crippen LogP contribution in [-0.4, -0.2) is 37.1 Å². The molecule has 0 bridgehead atoms. The van der Waals surface area contributed by atoms with Crippen LogP contribution in [-0.2, 0) is 9.59 Å². The van der Waals surface area contributed by atoms with E-state index >= 15 is 0 Å². The van der Waals surface area contributed by atoms with Crippen molar-refractivity contribution in [3.05, 3.63) is 28.8 Å². The predicted molar refractivity (Wildman–Crippen MR) is 97.0 cm³/mol. The minimum absolute atomic E-state index is 0.0715. The first kappa shape index (κ1) is 19.1. The number of carbonyl (C=O) groups excluding carboxylic acids is 2. The molecule has 0 aliphatic carbocycles. The van der Waals surface area contributed by atoms with Crippen molar-refractivity contribution >= 4 is 29.5 Å². The Hall–Kier alpha value is -2.21. The van der Waals surface area contributed by atoms with E-state index in [0.717, 1.165) is 6.42 Å². The molecule has 0 radical (unpaired) electrons. The Labute approximate surface area is 152 Å². The molecule has 1 aromatic carbocycles. The van der Waals surface area contributed by atoms with E-state index in [1.807, 2.05) is 13.8 Å². The van der Waals surface area contributed by atoms with Gasteiger partial charge in [0.2, 0.25) is 11.8 Å². The first-order valence-electron chi connectivity index (χ1n) is 8.28. The lowest BCUT2D eigenvalue weighted by atomic mass is 10.1. The van der Waals surface area contributed by atoms with Gasteiger partial charge in [-0.15, -0.1) is 0 Å². The third kappa shape index (κ3) is 5.39. The lowest BCUT2D eigenvalue weighted by Gasteiger charge is -2.19. The van der Waals surface area contributed by atoms with Gasteiger partial charge in [0.05, 0.1) is 5.02 Å². The van der Waals surface area contributed by atoms with Crippen LogP contribution in [0.1, 0.15) is 32.8 Å². The summed E-state index contributed by atoms with van der Waals surface area (Å²) < 4.78 is 10.9. The molecule has 1 aliphatic rings. The van der Waals surface area contributed by atoms with Crippen molar-refractivity contribution in [2.45, 2.75) is 39.3 Å². The first-order chi connectivity index (χ1) is 11.9. The molecule has 0 fully saturated rings. The maximum atomic E-state index is 12.0. The molecule has 0 saturated heterocycles. The van der Waals surface area contributed by atoms with Crippen LogP contribution in [0.5, 0.6) is 11.5 Å². The zero-order valence-corrected chi connectivity index (χ0v) is 15.4. The highest BCUT2D eigenvalue weighted by Gasteiger charge is 2.17. The number of fused-ring (bicyclic) bond motifs is 1. The summed E-state index contributed by atoms with van der Waals surface area (Å²) in [6, 6.07) is 2.90. The summed E-state index contributed by atoms with van der Waals surface area (Å²) in [5.41, 5.74) is 0.709. The van der Waals surface area contributed by atoms with Crippen LogP contribution in [0.15, 0.2) is 18.2 Å². The maximum Gasteiger partial charge on any atom is 0.244 e. The third-order valence-corrected chi connectivity index (χ3v) is 4.08. The van der Waals surface area contributed by atoms with E-state index in [-0.39, 0.29) is 17.9 Å². The Morgan fingerprint density at radius 1 is 1.24 bits per heavy atom. The molecular weight excluding hydrogens is 344 g/mol. The fraction of sp³-hybridized carbons (Fsp3) is 0.444. The Morgan fingerprint density at radius 3 is 2.68 bits per heavy atom. The van der Waals surface area contributed by atoms with E-state index in [4.69, 9.17) is 21.1 Å². The average molecular weight is 367 g/mol. The minimum atomic E-state index is -0.616. The van der Waals surface area contributed by atoms with Crippen molar-refractivity contribution in [3.63, 3.8) is 0 Å². The first-order valence-corrected chi connectivity index (χ1v) is 8.66. The van der Waals surface area contributed by atoms with Crippen LogP contribution < -0.4 is 20.1 Å². The van der Waals surface area contributed by atoms with E-state index in [9.17, 15) is 9.59 Å². The quantitative estimate of drug-likeness (QED) is 0.758. The molecule has 2 amide bonds. The Kier molecular flexibility index (Phi) is 6.70. The van der Waals surface area contributed by atoms with Gasteiger partial charge in [0, 0.05) is 12.1 Å². The molecule has 7 heteroatoms. The normalized spacial score (nSPS) is 15.5. The van der Waals surface area contributed by atoms with Gasteiger partial charge in [-0.2, -0.15) is 0 Å². The molecule has 2 unspecified atom stereocenters. The van der Waals surface area contributed by atoms with E-state index < -0.39 is 6.04 Å². The van der Waals surface area contributed by atoms with Crippen molar-refractivity contribution in [1.29, 1.82) is 0 Å². The van der Waals surface area contributed by atoms with Crippen molar-refractivity contribution in [1.82, 2.24) is 10.6 Å². The van der Waals surface area contributed by atoms with Crippen LogP contribution in [0.25, 0.3) is 6.08 Å². The standard InChI is InChI=1S/C18H23ClN2O4/c1-4-11(2)20-18(23)12(3)21-16(22)6-5-13-9-14(19)17-15(10-13)24-7-8-25-17/h5-6,9-12H,4,7-8H2,1-3H3,(H,20,23)(H,21,22)/b6-5+. The van der Waals surface area contributed by atoms with Crippen LogP contribution in [0.4, 0.5) is 0 Å². The van der Waals surface area contributed by atoms with Crippen LogP contribution in [0, 0.1) is 0 Å². The van der Waals surface area contributed by atoms with E-state index in [1.54, 1.807) is 25.1 Å². The zero-order chi connectivity index (χ0) is 18.4. The summed E-state index contributed by atoms with van der Waals surface area (Å²) in [6.07, 6.45) is 3.80.